The van der Waals surface area contributed by atoms with Crippen LogP contribution in [0.3, 0.4) is 0 Å². The highest BCUT2D eigenvalue weighted by Gasteiger charge is 2.29. The molecule has 3 aromatic rings. The minimum atomic E-state index is 0.00954. The molecule has 116 valence electrons. The number of hydrogen-bond donors (Lipinski definition) is 0. The summed E-state index contributed by atoms with van der Waals surface area (Å²) in [6, 6.07) is 18.1. The SMILES string of the molecule is c1cc2c3cc1N=Nc1ccc4c(c1N=N3)N=Nc1ccc(cc1)C24. The second kappa shape index (κ2) is 4.51. The van der Waals surface area contributed by atoms with Gasteiger partial charge in [0, 0.05) is 5.92 Å². The lowest BCUT2D eigenvalue weighted by Crippen LogP contribution is -2.04. The zero-order valence-electron chi connectivity index (χ0n) is 13.0. The molecule has 0 aliphatic carbocycles. The molecule has 4 aliphatic heterocycles. The lowest BCUT2D eigenvalue weighted by Gasteiger charge is -2.23. The van der Waals surface area contributed by atoms with Gasteiger partial charge in [0.1, 0.15) is 17.1 Å². The molecule has 7 rings (SSSR count). The highest BCUT2D eigenvalue weighted by molar-refractivity contribution is 5.81. The molecule has 0 saturated heterocycles. The molecule has 8 bridgehead atoms. The number of benzene rings is 3. The number of rotatable bonds is 0. The van der Waals surface area contributed by atoms with Gasteiger partial charge in [0.25, 0.3) is 0 Å². The fraction of sp³-hybridized carbons (Fsp3) is 0.0526. The van der Waals surface area contributed by atoms with Gasteiger partial charge in [-0.1, -0.05) is 24.3 Å². The van der Waals surface area contributed by atoms with Gasteiger partial charge in [0.2, 0.25) is 0 Å². The molecule has 0 spiro atoms. The van der Waals surface area contributed by atoms with E-state index >= 15 is 0 Å². The van der Waals surface area contributed by atoms with Crippen LogP contribution in [0.25, 0.3) is 0 Å². The maximum atomic E-state index is 4.51. The fourth-order valence-electron chi connectivity index (χ4n) is 3.61. The van der Waals surface area contributed by atoms with Gasteiger partial charge < -0.3 is 0 Å². The van der Waals surface area contributed by atoms with E-state index in [2.05, 4.69) is 55.0 Å². The third kappa shape index (κ3) is 1.73. The van der Waals surface area contributed by atoms with Crippen LogP contribution in [-0.4, -0.2) is 0 Å². The Morgan fingerprint density at radius 1 is 0.520 bits per heavy atom. The summed E-state index contributed by atoms with van der Waals surface area (Å²) in [5, 5.41) is 26.5. The lowest BCUT2D eigenvalue weighted by molar-refractivity contribution is 0.959. The van der Waals surface area contributed by atoms with E-state index in [-0.39, 0.29) is 5.92 Å². The zero-order chi connectivity index (χ0) is 16.4. The van der Waals surface area contributed by atoms with Crippen molar-refractivity contribution < 1.29 is 0 Å². The van der Waals surface area contributed by atoms with E-state index < -0.39 is 0 Å². The van der Waals surface area contributed by atoms with Crippen molar-refractivity contribution in [3.05, 3.63) is 71.3 Å². The third-order valence-corrected chi connectivity index (χ3v) is 4.82. The smallest absolute Gasteiger partial charge is 0.141 e. The number of nitrogens with zero attached hydrogens (tertiary/aromatic N) is 6. The van der Waals surface area contributed by atoms with Crippen LogP contribution in [0, 0.1) is 0 Å². The molecule has 0 N–H and O–H groups in total. The van der Waals surface area contributed by atoms with E-state index in [1.807, 2.05) is 30.3 Å². The van der Waals surface area contributed by atoms with E-state index in [1.165, 1.54) is 5.56 Å². The molecule has 0 amide bonds. The van der Waals surface area contributed by atoms with Crippen LogP contribution in [0.5, 0.6) is 0 Å². The minimum Gasteiger partial charge on any atom is -0.150 e. The first-order valence-corrected chi connectivity index (χ1v) is 8.03. The maximum Gasteiger partial charge on any atom is 0.141 e. The van der Waals surface area contributed by atoms with Gasteiger partial charge in [-0.3, -0.25) is 0 Å². The van der Waals surface area contributed by atoms with E-state index in [9.17, 15) is 0 Å². The first-order chi connectivity index (χ1) is 12.4. The standard InChI is InChI=1S/C19H10N6/c1-3-11-4-2-10(1)17-13-6-5-12-9-16(13)23-25-19-15(22-21-12)8-7-14(17)18(19)24-20-11/h1-9,17H. The predicted molar refractivity (Wildman–Crippen MR) is 92.8 cm³/mol. The first kappa shape index (κ1) is 12.8. The van der Waals surface area contributed by atoms with Crippen molar-refractivity contribution in [3.63, 3.8) is 0 Å². The summed E-state index contributed by atoms with van der Waals surface area (Å²) >= 11 is 0. The van der Waals surface area contributed by atoms with Gasteiger partial charge in [0.05, 0.1) is 17.1 Å². The summed E-state index contributed by atoms with van der Waals surface area (Å²) in [7, 11) is 0. The van der Waals surface area contributed by atoms with Gasteiger partial charge in [0.15, 0.2) is 0 Å². The van der Waals surface area contributed by atoms with Gasteiger partial charge in [-0.2, -0.15) is 15.3 Å². The van der Waals surface area contributed by atoms with Gasteiger partial charge in [-0.15, -0.1) is 15.3 Å². The van der Waals surface area contributed by atoms with E-state index in [0.29, 0.717) is 17.1 Å². The number of azo groups is 3. The van der Waals surface area contributed by atoms with Crippen LogP contribution in [0.1, 0.15) is 22.6 Å². The van der Waals surface area contributed by atoms with Crippen LogP contribution < -0.4 is 0 Å². The summed E-state index contributed by atoms with van der Waals surface area (Å²) in [4.78, 5) is 0. The molecule has 0 saturated carbocycles. The van der Waals surface area contributed by atoms with Gasteiger partial charge >= 0.3 is 0 Å². The molecule has 1 unspecified atom stereocenters. The molecule has 4 heterocycles. The molecule has 1 atom stereocenters. The van der Waals surface area contributed by atoms with Crippen LogP contribution >= 0.6 is 0 Å². The second-order valence-electron chi connectivity index (χ2n) is 6.24. The fourth-order valence-corrected chi connectivity index (χ4v) is 3.61. The van der Waals surface area contributed by atoms with Crippen LogP contribution in [-0.2, 0) is 0 Å². The Hall–Kier alpha value is -3.54. The van der Waals surface area contributed by atoms with Gasteiger partial charge in [-0.05, 0) is 47.0 Å². The molecule has 6 heteroatoms. The van der Waals surface area contributed by atoms with Crippen LogP contribution in [0.15, 0.2) is 85.3 Å². The Morgan fingerprint density at radius 2 is 1.24 bits per heavy atom. The Bertz CT molecular complexity index is 1140. The molecular formula is C19H10N6. The first-order valence-electron chi connectivity index (χ1n) is 8.03. The summed E-state index contributed by atoms with van der Waals surface area (Å²) in [6.45, 7) is 0. The van der Waals surface area contributed by atoms with E-state index in [0.717, 1.165) is 28.2 Å². The highest BCUT2D eigenvalue weighted by Crippen LogP contribution is 2.52. The van der Waals surface area contributed by atoms with Gasteiger partial charge in [-0.25, -0.2) is 0 Å². The summed E-state index contributed by atoms with van der Waals surface area (Å²) in [5.74, 6) is 0.00954. The van der Waals surface area contributed by atoms with Crippen molar-refractivity contribution in [1.29, 1.82) is 0 Å². The molecule has 3 aromatic carbocycles. The predicted octanol–water partition coefficient (Wildman–Crippen LogP) is 7.05. The molecule has 0 radical (unpaired) electrons. The Balaban J connectivity index is 1.86. The summed E-state index contributed by atoms with van der Waals surface area (Å²) < 4.78 is 0. The average Bonchev–Trinajstić information content (AvgIpc) is 2.76. The van der Waals surface area contributed by atoms with Crippen molar-refractivity contribution in [2.75, 3.05) is 0 Å². The molecular weight excluding hydrogens is 312 g/mol. The Labute approximate surface area is 142 Å². The number of hydrogen-bond acceptors (Lipinski definition) is 6. The molecule has 0 fully saturated rings. The maximum absolute atomic E-state index is 4.51. The van der Waals surface area contributed by atoms with Crippen molar-refractivity contribution in [2.45, 2.75) is 5.92 Å². The minimum absolute atomic E-state index is 0.00954. The third-order valence-electron chi connectivity index (χ3n) is 4.82. The van der Waals surface area contributed by atoms with E-state index in [1.54, 1.807) is 0 Å². The van der Waals surface area contributed by atoms with Crippen LogP contribution in [0.4, 0.5) is 34.1 Å². The second-order valence-corrected chi connectivity index (χ2v) is 6.24. The van der Waals surface area contributed by atoms with Crippen LogP contribution in [0.2, 0.25) is 0 Å². The normalized spacial score (nSPS) is 17.5. The topological polar surface area (TPSA) is 74.2 Å². The molecule has 4 aliphatic rings. The van der Waals surface area contributed by atoms with Crippen molar-refractivity contribution >= 4 is 34.1 Å². The average molecular weight is 322 g/mol. The largest absolute Gasteiger partial charge is 0.150 e. The van der Waals surface area contributed by atoms with Crippen molar-refractivity contribution in [1.82, 2.24) is 0 Å². The zero-order valence-corrected chi connectivity index (χ0v) is 13.0. The Kier molecular flexibility index (Phi) is 2.31. The molecule has 25 heavy (non-hydrogen) atoms. The Morgan fingerprint density at radius 3 is 2.16 bits per heavy atom. The summed E-state index contributed by atoms with van der Waals surface area (Å²) in [6.07, 6.45) is 0. The highest BCUT2D eigenvalue weighted by atomic mass is 15.2. The van der Waals surface area contributed by atoms with Crippen molar-refractivity contribution in [3.8, 4) is 0 Å². The summed E-state index contributed by atoms with van der Waals surface area (Å²) in [5.41, 5.74) is 7.67. The number of fused-ring (bicyclic) bond motifs is 3. The van der Waals surface area contributed by atoms with E-state index in [4.69, 9.17) is 0 Å². The quantitative estimate of drug-likeness (QED) is 0.287. The monoisotopic (exact) mass is 322 g/mol. The molecule has 6 nitrogen and oxygen atoms in total. The van der Waals surface area contributed by atoms with Crippen molar-refractivity contribution in [2.24, 2.45) is 30.7 Å². The lowest BCUT2D eigenvalue weighted by atomic mass is 9.82. The molecule has 0 aromatic heterocycles.